The molecule has 2 aromatic rings. The molecule has 3 fully saturated rings. The molecule has 9 heteroatoms. The van der Waals surface area contributed by atoms with Crippen LogP contribution in [-0.4, -0.2) is 45.3 Å². The van der Waals surface area contributed by atoms with Gasteiger partial charge in [-0.05, 0) is 84.8 Å². The molecular weight excluding hydrogens is 513 g/mol. The zero-order valence-corrected chi connectivity index (χ0v) is 20.3. The standard InChI is InChI=1S/C25H28BrF3N2O3/c26-23-21-12-30-17(13-31-18-4-5-19(31)11-15(10-18)24(32)33)9-14(21)1-8-22(23)34-20-6-2-16(3-7-20)25(27,28)29/h1,8-9,12,15-16,18-20H,2-7,10-11,13H2,(H,32,33). The van der Waals surface area contributed by atoms with Gasteiger partial charge in [0.15, 0.2) is 0 Å². The van der Waals surface area contributed by atoms with Crippen LogP contribution in [0.2, 0.25) is 0 Å². The monoisotopic (exact) mass is 540 g/mol. The van der Waals surface area contributed by atoms with Crippen LogP contribution >= 0.6 is 15.9 Å². The Morgan fingerprint density at radius 1 is 1.12 bits per heavy atom. The van der Waals surface area contributed by atoms with Gasteiger partial charge in [0.2, 0.25) is 0 Å². The number of hydrogen-bond donors (Lipinski definition) is 1. The molecule has 2 atom stereocenters. The predicted molar refractivity (Wildman–Crippen MR) is 125 cm³/mol. The van der Waals surface area contributed by atoms with E-state index in [4.69, 9.17) is 4.74 Å². The van der Waals surface area contributed by atoms with Crippen LogP contribution in [0.25, 0.3) is 10.8 Å². The van der Waals surface area contributed by atoms with Gasteiger partial charge in [0.05, 0.1) is 28.1 Å². The largest absolute Gasteiger partial charge is 0.489 e. The highest BCUT2D eigenvalue weighted by Gasteiger charge is 2.43. The van der Waals surface area contributed by atoms with Crippen molar-refractivity contribution in [1.29, 1.82) is 0 Å². The average Bonchev–Trinajstić information content (AvgIpc) is 3.01. The molecule has 1 aromatic heterocycles. The third-order valence-electron chi connectivity index (χ3n) is 7.87. The number of nitrogens with zero attached hydrogens (tertiary/aromatic N) is 2. The maximum atomic E-state index is 12.9. The van der Waals surface area contributed by atoms with Gasteiger partial charge in [-0.2, -0.15) is 13.2 Å². The summed E-state index contributed by atoms with van der Waals surface area (Å²) in [7, 11) is 0. The summed E-state index contributed by atoms with van der Waals surface area (Å²) in [4.78, 5) is 18.5. The number of carbonyl (C=O) groups is 1. The number of aliphatic carboxylic acids is 1. The molecule has 5 nitrogen and oxygen atoms in total. The molecule has 1 aliphatic carbocycles. The molecule has 2 unspecified atom stereocenters. The van der Waals surface area contributed by atoms with Gasteiger partial charge in [-0.15, -0.1) is 0 Å². The second kappa shape index (κ2) is 9.30. The van der Waals surface area contributed by atoms with Crippen molar-refractivity contribution in [3.63, 3.8) is 0 Å². The highest BCUT2D eigenvalue weighted by Crippen LogP contribution is 2.42. The fourth-order valence-corrected chi connectivity index (χ4v) is 6.55. The zero-order chi connectivity index (χ0) is 24.0. The molecule has 0 radical (unpaired) electrons. The number of piperidine rings is 1. The van der Waals surface area contributed by atoms with Crippen LogP contribution in [-0.2, 0) is 11.3 Å². The summed E-state index contributed by atoms with van der Waals surface area (Å²) in [5, 5.41) is 11.3. The molecule has 2 saturated heterocycles. The number of benzene rings is 1. The molecular formula is C25H28BrF3N2O3. The van der Waals surface area contributed by atoms with Gasteiger partial charge >= 0.3 is 12.1 Å². The number of carboxylic acid groups (broad SMARTS) is 1. The summed E-state index contributed by atoms with van der Waals surface area (Å²) < 4.78 is 45.6. The normalized spacial score (nSPS) is 29.9. The van der Waals surface area contributed by atoms with Crippen LogP contribution in [0.5, 0.6) is 5.75 Å². The molecule has 184 valence electrons. The van der Waals surface area contributed by atoms with Crippen molar-refractivity contribution in [3.8, 4) is 5.75 Å². The molecule has 5 rings (SSSR count). The van der Waals surface area contributed by atoms with Crippen LogP contribution < -0.4 is 4.74 Å². The second-order valence-corrected chi connectivity index (χ2v) is 10.8. The highest BCUT2D eigenvalue weighted by atomic mass is 79.9. The van der Waals surface area contributed by atoms with Crippen molar-refractivity contribution in [2.45, 2.75) is 82.3 Å². The molecule has 1 aromatic carbocycles. The summed E-state index contributed by atoms with van der Waals surface area (Å²) >= 11 is 3.61. The number of halogens is 4. The molecule has 1 saturated carbocycles. The van der Waals surface area contributed by atoms with Gasteiger partial charge in [0.25, 0.3) is 0 Å². The van der Waals surface area contributed by atoms with Crippen molar-refractivity contribution in [3.05, 3.63) is 34.6 Å². The van der Waals surface area contributed by atoms with Crippen LogP contribution in [0.1, 0.15) is 57.1 Å². The minimum Gasteiger partial charge on any atom is -0.489 e. The van der Waals surface area contributed by atoms with Gasteiger partial charge in [0, 0.05) is 30.2 Å². The van der Waals surface area contributed by atoms with E-state index in [1.165, 1.54) is 0 Å². The first-order chi connectivity index (χ1) is 16.2. The Kier molecular flexibility index (Phi) is 6.52. The van der Waals surface area contributed by atoms with Gasteiger partial charge in [-0.1, -0.05) is 6.07 Å². The number of carboxylic acids is 1. The van der Waals surface area contributed by atoms with Crippen molar-refractivity contribution < 1.29 is 27.8 Å². The summed E-state index contributed by atoms with van der Waals surface area (Å²) in [5.74, 6) is -1.51. The van der Waals surface area contributed by atoms with Crippen molar-refractivity contribution in [2.75, 3.05) is 0 Å². The Labute approximate surface area is 204 Å². The van der Waals surface area contributed by atoms with Gasteiger partial charge < -0.3 is 9.84 Å². The number of aromatic nitrogens is 1. The quantitative estimate of drug-likeness (QED) is 0.480. The maximum Gasteiger partial charge on any atom is 0.391 e. The first-order valence-corrected chi connectivity index (χ1v) is 12.8. The zero-order valence-electron chi connectivity index (χ0n) is 18.7. The number of alkyl halides is 3. The van der Waals surface area contributed by atoms with Crippen LogP contribution in [0.3, 0.4) is 0 Å². The van der Waals surface area contributed by atoms with E-state index in [1.54, 1.807) is 0 Å². The third-order valence-corrected chi connectivity index (χ3v) is 8.69. The Bertz CT molecular complexity index is 1060. The lowest BCUT2D eigenvalue weighted by molar-refractivity contribution is -0.185. The fourth-order valence-electron chi connectivity index (χ4n) is 6.00. The summed E-state index contributed by atoms with van der Waals surface area (Å²) in [6, 6.07) is 6.49. The second-order valence-electron chi connectivity index (χ2n) is 9.97. The van der Waals surface area contributed by atoms with E-state index < -0.39 is 18.1 Å². The lowest BCUT2D eigenvalue weighted by atomic mass is 9.87. The molecule has 0 spiro atoms. The number of fused-ring (bicyclic) bond motifs is 3. The Morgan fingerprint density at radius 3 is 2.41 bits per heavy atom. The minimum atomic E-state index is -4.12. The smallest absolute Gasteiger partial charge is 0.391 e. The first-order valence-electron chi connectivity index (χ1n) is 12.0. The number of hydrogen-bond acceptors (Lipinski definition) is 4. The van der Waals surface area contributed by atoms with E-state index in [0.29, 0.717) is 50.1 Å². The lowest BCUT2D eigenvalue weighted by Gasteiger charge is -2.37. The van der Waals surface area contributed by atoms with E-state index in [2.05, 4.69) is 31.9 Å². The van der Waals surface area contributed by atoms with Gasteiger partial charge in [-0.25, -0.2) is 0 Å². The van der Waals surface area contributed by atoms with Gasteiger partial charge in [-0.3, -0.25) is 14.7 Å². The number of rotatable bonds is 5. The molecule has 34 heavy (non-hydrogen) atoms. The third kappa shape index (κ3) is 4.78. The van der Waals surface area contributed by atoms with Crippen LogP contribution in [0, 0.1) is 11.8 Å². The maximum absolute atomic E-state index is 12.9. The topological polar surface area (TPSA) is 62.7 Å². The Hall–Kier alpha value is -1.87. The SMILES string of the molecule is O=C(O)C1CC2CCC(C1)N2Cc1cc2ccc(OC3CCC(C(F)(F)F)CC3)c(Br)c2cn1. The van der Waals surface area contributed by atoms with E-state index in [0.717, 1.165) is 33.8 Å². The van der Waals surface area contributed by atoms with Crippen molar-refractivity contribution in [2.24, 2.45) is 11.8 Å². The van der Waals surface area contributed by atoms with E-state index >= 15 is 0 Å². The molecule has 1 N–H and O–H groups in total. The summed E-state index contributed by atoms with van der Waals surface area (Å²) in [5.41, 5.74) is 0.948. The summed E-state index contributed by atoms with van der Waals surface area (Å²) in [6.45, 7) is 0.704. The molecule has 2 bridgehead atoms. The Morgan fingerprint density at radius 2 is 1.79 bits per heavy atom. The summed E-state index contributed by atoms with van der Waals surface area (Å²) in [6.07, 6.45) is 1.97. The number of pyridine rings is 1. The van der Waals surface area contributed by atoms with E-state index in [-0.39, 0.29) is 24.9 Å². The van der Waals surface area contributed by atoms with Crippen molar-refractivity contribution >= 4 is 32.7 Å². The first kappa shape index (κ1) is 23.9. The molecule has 2 aliphatic heterocycles. The Balaban J connectivity index is 1.26. The predicted octanol–water partition coefficient (Wildman–Crippen LogP) is 6.32. The van der Waals surface area contributed by atoms with Crippen molar-refractivity contribution in [1.82, 2.24) is 9.88 Å². The highest BCUT2D eigenvalue weighted by molar-refractivity contribution is 9.10. The van der Waals surface area contributed by atoms with E-state index in [9.17, 15) is 23.1 Å². The fraction of sp³-hybridized carbons (Fsp3) is 0.600. The van der Waals surface area contributed by atoms with Gasteiger partial charge in [0.1, 0.15) is 5.75 Å². The number of ether oxygens (including phenoxy) is 1. The average molecular weight is 541 g/mol. The van der Waals surface area contributed by atoms with E-state index in [1.807, 2.05) is 18.3 Å². The van der Waals surface area contributed by atoms with Crippen LogP contribution in [0.4, 0.5) is 13.2 Å². The lowest BCUT2D eigenvalue weighted by Crippen LogP contribution is -2.44. The minimum absolute atomic E-state index is 0.107. The molecule has 3 aliphatic rings. The molecule has 0 amide bonds. The van der Waals surface area contributed by atoms with Crippen LogP contribution in [0.15, 0.2) is 28.9 Å². The molecule has 3 heterocycles.